The summed E-state index contributed by atoms with van der Waals surface area (Å²) >= 11 is 0. The zero-order valence-electron chi connectivity index (χ0n) is 16.8. The monoisotopic (exact) mass is 399 g/mol. The minimum atomic E-state index is -0.791. The van der Waals surface area contributed by atoms with Crippen molar-refractivity contribution in [3.63, 3.8) is 0 Å². The summed E-state index contributed by atoms with van der Waals surface area (Å²) in [5.41, 5.74) is 3.19. The molecule has 0 heterocycles. The first kappa shape index (κ1) is 21.7. The molecule has 0 spiro atoms. The summed E-state index contributed by atoms with van der Waals surface area (Å²) in [7, 11) is 2.98. The number of nitrogens with one attached hydrogen (secondary N) is 2. The van der Waals surface area contributed by atoms with E-state index in [0.717, 1.165) is 0 Å². The number of methoxy groups -OCH3 is 2. The Morgan fingerprint density at radius 2 is 1.76 bits per heavy atom. The summed E-state index contributed by atoms with van der Waals surface area (Å²) in [6.45, 7) is 3.63. The van der Waals surface area contributed by atoms with Crippen molar-refractivity contribution >= 4 is 18.0 Å². The van der Waals surface area contributed by atoms with E-state index in [1.165, 1.54) is 13.3 Å². The van der Waals surface area contributed by atoms with Crippen LogP contribution in [-0.4, -0.2) is 43.4 Å². The summed E-state index contributed by atoms with van der Waals surface area (Å²) in [6, 6.07) is 10.7. The van der Waals surface area contributed by atoms with Gasteiger partial charge in [0, 0.05) is 11.1 Å². The van der Waals surface area contributed by atoms with Gasteiger partial charge in [-0.2, -0.15) is 5.10 Å². The molecule has 0 aliphatic rings. The zero-order chi connectivity index (χ0) is 21.4. The molecule has 0 fully saturated rings. The molecule has 8 nitrogen and oxygen atoms in total. The maximum Gasteiger partial charge on any atom is 0.262 e. The molecule has 1 unspecified atom stereocenters. The van der Waals surface area contributed by atoms with Gasteiger partial charge in [0.15, 0.2) is 11.5 Å². The predicted octanol–water partition coefficient (Wildman–Crippen LogP) is 2.31. The van der Waals surface area contributed by atoms with E-state index in [1.54, 1.807) is 49.6 Å². The molecule has 2 amide bonds. The maximum atomic E-state index is 12.5. The SMILES string of the molecule is COc1ccc(C(=O)NC(C(=O)N/N=C/c2cccc(OC)c2O)C(C)C)cc1. The minimum Gasteiger partial charge on any atom is -0.504 e. The summed E-state index contributed by atoms with van der Waals surface area (Å²) in [5.74, 6) is -0.169. The Morgan fingerprint density at radius 3 is 2.34 bits per heavy atom. The quantitative estimate of drug-likeness (QED) is 0.466. The molecule has 0 aliphatic heterocycles. The molecule has 29 heavy (non-hydrogen) atoms. The van der Waals surface area contributed by atoms with Crippen LogP contribution in [0.5, 0.6) is 17.2 Å². The number of ether oxygens (including phenoxy) is 2. The van der Waals surface area contributed by atoms with E-state index < -0.39 is 11.9 Å². The first-order chi connectivity index (χ1) is 13.9. The number of para-hydroxylation sites is 1. The van der Waals surface area contributed by atoms with Crippen LogP contribution in [0.15, 0.2) is 47.6 Å². The topological polar surface area (TPSA) is 109 Å². The van der Waals surface area contributed by atoms with E-state index in [4.69, 9.17) is 9.47 Å². The Kier molecular flexibility index (Phi) is 7.59. The number of hydrogen-bond donors (Lipinski definition) is 3. The van der Waals surface area contributed by atoms with E-state index in [9.17, 15) is 14.7 Å². The van der Waals surface area contributed by atoms with Crippen LogP contribution in [0.1, 0.15) is 29.8 Å². The maximum absolute atomic E-state index is 12.5. The number of phenols is 1. The molecule has 0 saturated heterocycles. The van der Waals surface area contributed by atoms with E-state index >= 15 is 0 Å². The van der Waals surface area contributed by atoms with Crippen molar-refractivity contribution in [2.75, 3.05) is 14.2 Å². The molecule has 0 aliphatic carbocycles. The van der Waals surface area contributed by atoms with Gasteiger partial charge in [-0.1, -0.05) is 19.9 Å². The molecule has 0 bridgehead atoms. The Hall–Kier alpha value is -3.55. The molecule has 0 saturated carbocycles. The molecular weight excluding hydrogens is 374 g/mol. The number of phenolic OH excluding ortho intramolecular Hbond substituents is 1. The van der Waals surface area contributed by atoms with Crippen LogP contribution in [0, 0.1) is 5.92 Å². The van der Waals surface area contributed by atoms with Gasteiger partial charge in [0.25, 0.3) is 11.8 Å². The van der Waals surface area contributed by atoms with Gasteiger partial charge in [0.05, 0.1) is 20.4 Å². The highest BCUT2D eigenvalue weighted by molar-refractivity contribution is 5.98. The Morgan fingerprint density at radius 1 is 1.07 bits per heavy atom. The molecule has 8 heteroatoms. The van der Waals surface area contributed by atoms with Crippen LogP contribution in [-0.2, 0) is 4.79 Å². The lowest BCUT2D eigenvalue weighted by Crippen LogP contribution is -2.48. The van der Waals surface area contributed by atoms with Gasteiger partial charge in [-0.25, -0.2) is 5.43 Å². The lowest BCUT2D eigenvalue weighted by atomic mass is 10.0. The predicted molar refractivity (Wildman–Crippen MR) is 109 cm³/mol. The van der Waals surface area contributed by atoms with Crippen LogP contribution < -0.4 is 20.2 Å². The van der Waals surface area contributed by atoms with Crippen molar-refractivity contribution < 1.29 is 24.2 Å². The van der Waals surface area contributed by atoms with Gasteiger partial charge in [-0.05, 0) is 42.3 Å². The van der Waals surface area contributed by atoms with Gasteiger partial charge in [-0.3, -0.25) is 9.59 Å². The van der Waals surface area contributed by atoms with Gasteiger partial charge >= 0.3 is 0 Å². The normalized spacial score (nSPS) is 11.9. The van der Waals surface area contributed by atoms with Crippen LogP contribution in [0.3, 0.4) is 0 Å². The van der Waals surface area contributed by atoms with Crippen LogP contribution in [0.4, 0.5) is 0 Å². The third kappa shape index (κ3) is 5.71. The van der Waals surface area contributed by atoms with Crippen LogP contribution in [0.2, 0.25) is 0 Å². The second-order valence-corrected chi connectivity index (χ2v) is 6.56. The number of rotatable bonds is 8. The summed E-state index contributed by atoms with van der Waals surface area (Å²) in [4.78, 5) is 25.0. The Balaban J connectivity index is 2.04. The molecular formula is C21H25N3O5. The number of benzene rings is 2. The van der Waals surface area contributed by atoms with Gasteiger partial charge in [-0.15, -0.1) is 0 Å². The molecule has 2 aromatic rings. The first-order valence-corrected chi connectivity index (χ1v) is 9.01. The van der Waals surface area contributed by atoms with Crippen molar-refractivity contribution in [1.82, 2.24) is 10.7 Å². The van der Waals surface area contributed by atoms with E-state index in [0.29, 0.717) is 22.6 Å². The largest absolute Gasteiger partial charge is 0.504 e. The van der Waals surface area contributed by atoms with E-state index in [2.05, 4.69) is 15.8 Å². The third-order valence-electron chi connectivity index (χ3n) is 4.22. The number of carbonyl (C=O) groups is 2. The minimum absolute atomic E-state index is 0.0822. The Bertz CT molecular complexity index is 878. The molecule has 0 aromatic heterocycles. The van der Waals surface area contributed by atoms with Gasteiger partial charge < -0.3 is 19.9 Å². The number of hydrazone groups is 1. The fourth-order valence-electron chi connectivity index (χ4n) is 2.55. The number of aromatic hydroxyl groups is 1. The highest BCUT2D eigenvalue weighted by Gasteiger charge is 2.24. The van der Waals surface area contributed by atoms with Gasteiger partial charge in [0.1, 0.15) is 11.8 Å². The van der Waals surface area contributed by atoms with Crippen molar-refractivity contribution in [2.45, 2.75) is 19.9 Å². The van der Waals surface area contributed by atoms with Crippen molar-refractivity contribution in [2.24, 2.45) is 11.0 Å². The molecule has 3 N–H and O–H groups in total. The van der Waals surface area contributed by atoms with Crippen LogP contribution in [0.25, 0.3) is 0 Å². The molecule has 1 atom stereocenters. The lowest BCUT2D eigenvalue weighted by molar-refractivity contribution is -0.123. The Labute approximate surface area is 169 Å². The average Bonchev–Trinajstić information content (AvgIpc) is 2.72. The number of nitrogens with zero attached hydrogens (tertiary/aromatic N) is 1. The summed E-state index contributed by atoms with van der Waals surface area (Å²) < 4.78 is 10.1. The second kappa shape index (κ2) is 10.1. The third-order valence-corrected chi connectivity index (χ3v) is 4.22. The van der Waals surface area contributed by atoms with Crippen LogP contribution >= 0.6 is 0 Å². The highest BCUT2D eigenvalue weighted by Crippen LogP contribution is 2.27. The van der Waals surface area contributed by atoms with Crippen molar-refractivity contribution in [3.05, 3.63) is 53.6 Å². The van der Waals surface area contributed by atoms with Gasteiger partial charge in [0.2, 0.25) is 0 Å². The smallest absolute Gasteiger partial charge is 0.262 e. The average molecular weight is 399 g/mol. The fraction of sp³-hybridized carbons (Fsp3) is 0.286. The summed E-state index contributed by atoms with van der Waals surface area (Å²) in [6.07, 6.45) is 1.30. The van der Waals surface area contributed by atoms with Crippen molar-refractivity contribution in [3.8, 4) is 17.2 Å². The lowest BCUT2D eigenvalue weighted by Gasteiger charge is -2.20. The summed E-state index contributed by atoms with van der Waals surface area (Å²) in [5, 5.41) is 16.6. The number of carbonyl (C=O) groups excluding carboxylic acids is 2. The standard InChI is InChI=1S/C21H25N3O5/c1-13(2)18(23-20(26)14-8-10-16(28-3)11-9-14)21(27)24-22-12-15-6-5-7-17(29-4)19(15)25/h5-13,18,25H,1-4H3,(H,23,26)(H,24,27)/b22-12+. The first-order valence-electron chi connectivity index (χ1n) is 9.01. The van der Waals surface area contributed by atoms with Crippen molar-refractivity contribution in [1.29, 1.82) is 0 Å². The molecule has 2 aromatic carbocycles. The second-order valence-electron chi connectivity index (χ2n) is 6.56. The fourth-order valence-corrected chi connectivity index (χ4v) is 2.55. The zero-order valence-corrected chi connectivity index (χ0v) is 16.8. The molecule has 154 valence electrons. The van der Waals surface area contributed by atoms with E-state index in [-0.39, 0.29) is 17.6 Å². The molecule has 0 radical (unpaired) electrons. The van der Waals surface area contributed by atoms with E-state index in [1.807, 2.05) is 13.8 Å². The number of hydrogen-bond acceptors (Lipinski definition) is 6. The highest BCUT2D eigenvalue weighted by atomic mass is 16.5. The number of amides is 2. The molecule has 2 rings (SSSR count).